The number of aromatic nitrogens is 5. The minimum atomic E-state index is -4.66. The SMILES string of the molecule is O=C1Nc2c(F)cccc2C(c2ccccc2)=N[C@@H]1Nc1nnc(-c2ncc(C(F)(F)F)cc2-c2cnc(C3CC3)nc2)o1. The number of anilines is 2. The molecule has 1 amide bonds. The number of aliphatic imine (C=N–C) groups is 1. The number of alkyl halides is 3. The van der Waals surface area contributed by atoms with Crippen molar-refractivity contribution < 1.29 is 26.8 Å². The van der Waals surface area contributed by atoms with Crippen LogP contribution in [-0.4, -0.2) is 42.9 Å². The number of hydrogen-bond donors (Lipinski definition) is 2. The number of para-hydroxylation sites is 1. The number of rotatable bonds is 6. The fourth-order valence-electron chi connectivity index (χ4n) is 4.76. The van der Waals surface area contributed by atoms with Gasteiger partial charge < -0.3 is 15.1 Å². The molecule has 0 bridgehead atoms. The molecule has 2 aromatic carbocycles. The molecule has 0 spiro atoms. The van der Waals surface area contributed by atoms with E-state index in [4.69, 9.17) is 4.42 Å². The molecule has 1 fully saturated rings. The summed E-state index contributed by atoms with van der Waals surface area (Å²) in [6.45, 7) is 0. The van der Waals surface area contributed by atoms with Crippen molar-refractivity contribution in [2.75, 3.05) is 10.6 Å². The minimum Gasteiger partial charge on any atom is -0.402 e. The maximum atomic E-state index is 14.8. The van der Waals surface area contributed by atoms with Gasteiger partial charge in [-0.3, -0.25) is 4.79 Å². The second kappa shape index (κ2) is 10.6. The van der Waals surface area contributed by atoms with Gasteiger partial charge >= 0.3 is 12.2 Å². The smallest absolute Gasteiger partial charge is 0.402 e. The van der Waals surface area contributed by atoms with Crippen molar-refractivity contribution in [2.45, 2.75) is 31.1 Å². The topological polar surface area (TPSA) is 131 Å². The van der Waals surface area contributed by atoms with Crippen LogP contribution in [-0.2, 0) is 11.0 Å². The van der Waals surface area contributed by atoms with E-state index in [9.17, 15) is 22.4 Å². The zero-order chi connectivity index (χ0) is 30.4. The first-order valence-corrected chi connectivity index (χ1v) is 13.5. The molecule has 0 unspecified atom stereocenters. The molecule has 14 heteroatoms. The van der Waals surface area contributed by atoms with Gasteiger partial charge in [0.2, 0.25) is 6.17 Å². The molecule has 44 heavy (non-hydrogen) atoms. The first-order valence-electron chi connectivity index (χ1n) is 13.5. The van der Waals surface area contributed by atoms with Crippen LogP contribution in [0.4, 0.5) is 29.3 Å². The van der Waals surface area contributed by atoms with E-state index in [0.29, 0.717) is 28.9 Å². The van der Waals surface area contributed by atoms with Crippen LogP contribution in [0.25, 0.3) is 22.7 Å². The number of nitrogens with one attached hydrogen (secondary N) is 2. The van der Waals surface area contributed by atoms with E-state index in [1.165, 1.54) is 24.5 Å². The molecule has 7 rings (SSSR count). The number of benzene rings is 2. The predicted molar refractivity (Wildman–Crippen MR) is 150 cm³/mol. The van der Waals surface area contributed by atoms with Crippen molar-refractivity contribution >= 4 is 23.3 Å². The first-order chi connectivity index (χ1) is 21.2. The summed E-state index contributed by atoms with van der Waals surface area (Å²) in [6, 6.07) is 13.9. The lowest BCUT2D eigenvalue weighted by Crippen LogP contribution is -2.32. The summed E-state index contributed by atoms with van der Waals surface area (Å²) in [5, 5.41) is 13.2. The highest BCUT2D eigenvalue weighted by atomic mass is 19.4. The van der Waals surface area contributed by atoms with Crippen LogP contribution in [0, 0.1) is 5.82 Å². The van der Waals surface area contributed by atoms with Crippen LogP contribution >= 0.6 is 0 Å². The zero-order valence-corrected chi connectivity index (χ0v) is 22.5. The second-order valence-electron chi connectivity index (χ2n) is 10.2. The van der Waals surface area contributed by atoms with Gasteiger partial charge in [0, 0.05) is 46.8 Å². The Morgan fingerprint density at radius 1 is 0.886 bits per heavy atom. The summed E-state index contributed by atoms with van der Waals surface area (Å²) in [5.74, 6) is -0.696. The molecule has 10 nitrogen and oxygen atoms in total. The van der Waals surface area contributed by atoms with Crippen molar-refractivity contribution in [3.63, 3.8) is 0 Å². The van der Waals surface area contributed by atoms with Gasteiger partial charge in [0.1, 0.15) is 17.3 Å². The molecule has 3 aromatic heterocycles. The van der Waals surface area contributed by atoms with Crippen molar-refractivity contribution in [1.29, 1.82) is 0 Å². The molecule has 0 radical (unpaired) electrons. The third-order valence-electron chi connectivity index (χ3n) is 7.10. The molecule has 1 aliphatic carbocycles. The van der Waals surface area contributed by atoms with E-state index in [-0.39, 0.29) is 40.3 Å². The summed E-state index contributed by atoms with van der Waals surface area (Å²) in [7, 11) is 0. The molecule has 1 aliphatic heterocycles. The van der Waals surface area contributed by atoms with Gasteiger partial charge in [-0.1, -0.05) is 47.6 Å². The quantitative estimate of drug-likeness (QED) is 0.232. The molecule has 2 aliphatic rings. The van der Waals surface area contributed by atoms with Crippen LogP contribution in [0.5, 0.6) is 0 Å². The predicted octanol–water partition coefficient (Wildman–Crippen LogP) is 5.85. The molecule has 5 aromatic rings. The first kappa shape index (κ1) is 27.3. The molecule has 1 atom stereocenters. The van der Waals surface area contributed by atoms with Gasteiger partial charge in [0.05, 0.1) is 17.0 Å². The number of halogens is 4. The largest absolute Gasteiger partial charge is 0.417 e. The van der Waals surface area contributed by atoms with Gasteiger partial charge in [0.25, 0.3) is 11.8 Å². The highest BCUT2D eigenvalue weighted by Crippen LogP contribution is 2.39. The summed E-state index contributed by atoms with van der Waals surface area (Å²) in [5.41, 5.74) is 0.562. The number of hydrogen-bond acceptors (Lipinski definition) is 9. The zero-order valence-electron chi connectivity index (χ0n) is 22.5. The van der Waals surface area contributed by atoms with Crippen LogP contribution in [0.15, 0.2) is 82.6 Å². The Hall–Kier alpha value is -5.53. The highest BCUT2D eigenvalue weighted by Gasteiger charge is 2.34. The fraction of sp³-hybridized carbons (Fsp3) is 0.167. The Kier molecular flexibility index (Phi) is 6.60. The van der Waals surface area contributed by atoms with Gasteiger partial charge in [-0.2, -0.15) is 13.2 Å². The molecule has 0 saturated heterocycles. The number of benzodiazepines with no additional fused rings is 1. The number of carbonyl (C=O) groups is 1. The van der Waals surface area contributed by atoms with E-state index in [0.717, 1.165) is 18.9 Å². The average Bonchev–Trinajstić information content (AvgIpc) is 3.80. The van der Waals surface area contributed by atoms with E-state index >= 15 is 0 Å². The van der Waals surface area contributed by atoms with Gasteiger partial charge in [0.15, 0.2) is 0 Å². The normalized spacial score (nSPS) is 16.5. The Labute approximate surface area is 246 Å². The number of nitrogens with zero attached hydrogens (tertiary/aromatic N) is 6. The van der Waals surface area contributed by atoms with Crippen molar-refractivity contribution in [2.24, 2.45) is 4.99 Å². The monoisotopic (exact) mass is 600 g/mol. The third kappa shape index (κ3) is 5.25. The highest BCUT2D eigenvalue weighted by molar-refractivity contribution is 6.19. The maximum Gasteiger partial charge on any atom is 0.417 e. The summed E-state index contributed by atoms with van der Waals surface area (Å²) >= 11 is 0. The lowest BCUT2D eigenvalue weighted by molar-refractivity contribution is -0.137. The number of fused-ring (bicyclic) bond motifs is 1. The van der Waals surface area contributed by atoms with Crippen LogP contribution in [0.3, 0.4) is 0 Å². The second-order valence-corrected chi connectivity index (χ2v) is 10.2. The molecular weight excluding hydrogens is 580 g/mol. The number of carbonyl (C=O) groups excluding carboxylic acids is 1. The summed E-state index contributed by atoms with van der Waals surface area (Å²) < 4.78 is 61.3. The van der Waals surface area contributed by atoms with Gasteiger partial charge in [-0.15, -0.1) is 5.10 Å². The van der Waals surface area contributed by atoms with E-state index in [2.05, 4.69) is 40.8 Å². The molecule has 220 valence electrons. The lowest BCUT2D eigenvalue weighted by Gasteiger charge is -2.12. The van der Waals surface area contributed by atoms with Crippen LogP contribution < -0.4 is 10.6 Å². The number of amides is 1. The van der Waals surface area contributed by atoms with Crippen molar-refractivity contribution in [1.82, 2.24) is 25.1 Å². The van der Waals surface area contributed by atoms with Crippen LogP contribution in [0.1, 0.15) is 41.3 Å². The minimum absolute atomic E-state index is 0.0277. The Balaban J connectivity index is 1.24. The summed E-state index contributed by atoms with van der Waals surface area (Å²) in [4.78, 5) is 30.3. The fourth-order valence-corrected chi connectivity index (χ4v) is 4.76. The van der Waals surface area contributed by atoms with E-state index < -0.39 is 29.6 Å². The van der Waals surface area contributed by atoms with Crippen LogP contribution in [0.2, 0.25) is 0 Å². The average molecular weight is 601 g/mol. The standard InChI is InChI=1S/C30H20F4N8O2/c31-21-8-4-7-19-22(15-5-2-1-3-6-15)38-26(27(43)39-23(19)21)40-29-42-41-28(44-29)24-20(11-18(14-35-24)30(32,33)34)17-12-36-25(37-13-17)16-9-10-16/h1-8,11-14,16,26H,9-10H2,(H,39,43)(H,40,42)/t26-/m1/s1. The number of pyridine rings is 1. The molecule has 1 saturated carbocycles. The Bertz CT molecular complexity index is 1900. The van der Waals surface area contributed by atoms with Crippen molar-refractivity contribution in [3.8, 4) is 22.7 Å². The summed E-state index contributed by atoms with van der Waals surface area (Å²) in [6.07, 6.45) is -0.541. The van der Waals surface area contributed by atoms with E-state index in [1.54, 1.807) is 30.3 Å². The molecular formula is C30H20F4N8O2. The van der Waals surface area contributed by atoms with E-state index in [1.807, 2.05) is 6.07 Å². The van der Waals surface area contributed by atoms with Gasteiger partial charge in [-0.25, -0.2) is 24.3 Å². The maximum absolute atomic E-state index is 14.8. The van der Waals surface area contributed by atoms with Crippen molar-refractivity contribution in [3.05, 3.63) is 102 Å². The molecule has 4 heterocycles. The third-order valence-corrected chi connectivity index (χ3v) is 7.10. The Morgan fingerprint density at radius 3 is 2.39 bits per heavy atom. The van der Waals surface area contributed by atoms with Gasteiger partial charge in [-0.05, 0) is 25.0 Å². The lowest BCUT2D eigenvalue weighted by atomic mass is 10.0. The molecule has 2 N–H and O–H groups in total. The Morgan fingerprint density at radius 2 is 1.66 bits per heavy atom.